The van der Waals surface area contributed by atoms with Gasteiger partial charge in [0, 0.05) is 0 Å². The number of aromatic nitrogens is 1. The largest absolute Gasteiger partial charge is 1.00 e. The van der Waals surface area contributed by atoms with Gasteiger partial charge in [0.15, 0.2) is 0 Å². The number of rotatable bonds is 1. The summed E-state index contributed by atoms with van der Waals surface area (Å²) in [5, 5.41) is 0. The van der Waals surface area contributed by atoms with Gasteiger partial charge in [0.05, 0.1) is 18.2 Å². The van der Waals surface area contributed by atoms with Gasteiger partial charge in [-0.25, -0.2) is 9.18 Å². The molecule has 0 radical (unpaired) electrons. The molecule has 16 heavy (non-hydrogen) atoms. The Hall–Kier alpha value is 0.366. The molecule has 1 aromatic carbocycles. The van der Waals surface area contributed by atoms with Gasteiger partial charge in [0.2, 0.25) is 0 Å². The van der Waals surface area contributed by atoms with Crippen LogP contribution in [0.2, 0.25) is 0 Å². The summed E-state index contributed by atoms with van der Waals surface area (Å²) in [4.78, 5) is 15.0. The molecule has 3 nitrogen and oxygen atoms in total. The van der Waals surface area contributed by atoms with Crippen molar-refractivity contribution in [1.82, 2.24) is 4.98 Å². The normalized spacial score (nSPS) is 9.88. The van der Waals surface area contributed by atoms with E-state index >= 15 is 0 Å². The molecule has 1 heterocycles. The minimum Gasteiger partial charge on any atom is -0.465 e. The maximum absolute atomic E-state index is 13.4. The first kappa shape index (κ1) is 14.4. The summed E-state index contributed by atoms with van der Waals surface area (Å²) >= 11 is 6.00. The first-order chi connectivity index (χ1) is 7.11. The summed E-state index contributed by atoms with van der Waals surface area (Å²) in [6.07, 6.45) is 0. The van der Waals surface area contributed by atoms with Crippen molar-refractivity contribution in [3.63, 3.8) is 0 Å². The Bertz CT molecular complexity index is 544. The van der Waals surface area contributed by atoms with Crippen molar-refractivity contribution >= 4 is 40.2 Å². The summed E-state index contributed by atoms with van der Waals surface area (Å²) < 4.78 is 18.9. The summed E-state index contributed by atoms with van der Waals surface area (Å²) in [6.45, 7) is 0. The van der Waals surface area contributed by atoms with Gasteiger partial charge < -0.3 is 28.7 Å². The molecule has 0 unspecified atom stereocenters. The number of carbonyl (C=O) groups excluding carboxylic acids is 1. The van der Waals surface area contributed by atoms with Crippen LogP contribution in [0.3, 0.4) is 0 Å². The smallest absolute Gasteiger partial charge is 0.465 e. The number of benzene rings is 1. The fraction of sp³-hybridized carbons (Fsp3) is 0.111. The molecule has 0 saturated carbocycles. The molecule has 0 aliphatic rings. The van der Waals surface area contributed by atoms with Crippen LogP contribution in [0.1, 0.15) is 10.4 Å². The van der Waals surface area contributed by atoms with Crippen LogP contribution in [-0.2, 0) is 17.4 Å². The summed E-state index contributed by atoms with van der Waals surface area (Å²) in [5.41, 5.74) is 0.374. The van der Waals surface area contributed by atoms with Crippen LogP contribution in [0.5, 0.6) is 0 Å². The molecule has 0 spiro atoms. The van der Waals surface area contributed by atoms with E-state index in [0.717, 1.165) is 17.4 Å². The van der Waals surface area contributed by atoms with Gasteiger partial charge >= 0.3 is 57.4 Å². The van der Waals surface area contributed by atoms with Crippen molar-refractivity contribution in [2.24, 2.45) is 0 Å². The van der Waals surface area contributed by atoms with Crippen LogP contribution in [0.25, 0.3) is 10.2 Å². The molecular formula is C9H5FKNO2S2. The third-order valence-corrected chi connectivity index (χ3v) is 2.99. The summed E-state index contributed by atoms with van der Waals surface area (Å²) in [5.74, 6) is -1.13. The molecule has 2 aromatic rings. The molecular weight excluding hydrogens is 276 g/mol. The van der Waals surface area contributed by atoms with Crippen LogP contribution in [-0.4, -0.2) is 18.1 Å². The average molecular weight is 281 g/mol. The third-order valence-electron chi connectivity index (χ3n) is 1.85. The molecule has 0 bridgehead atoms. The van der Waals surface area contributed by atoms with E-state index in [2.05, 4.69) is 9.72 Å². The minimum absolute atomic E-state index is 0. The molecule has 0 fully saturated rings. The monoisotopic (exact) mass is 281 g/mol. The number of hydrogen-bond donors (Lipinski definition) is 0. The third kappa shape index (κ3) is 2.78. The number of hydrogen-bond acceptors (Lipinski definition) is 5. The van der Waals surface area contributed by atoms with Crippen LogP contribution in [0.15, 0.2) is 16.5 Å². The number of fused-ring (bicyclic) bond motifs is 1. The number of esters is 1. The molecule has 0 atom stereocenters. The van der Waals surface area contributed by atoms with E-state index in [0.29, 0.717) is 9.04 Å². The Balaban J connectivity index is 0.00000128. The molecule has 1 aromatic heterocycles. The molecule has 7 heteroatoms. The number of carbonyl (C=O) groups is 1. The van der Waals surface area contributed by atoms with Gasteiger partial charge in [0.1, 0.15) is 5.82 Å². The van der Waals surface area contributed by atoms with Gasteiger partial charge in [0.25, 0.3) is 0 Å². The van der Waals surface area contributed by atoms with E-state index in [-0.39, 0.29) is 62.5 Å². The number of methoxy groups -OCH3 is 1. The number of halogens is 1. The maximum atomic E-state index is 13.4. The van der Waals surface area contributed by atoms with E-state index in [9.17, 15) is 9.18 Å². The molecule has 0 saturated heterocycles. The molecule has 2 rings (SSSR count). The molecule has 0 N–H and O–H groups in total. The molecule has 0 aliphatic heterocycles. The number of ether oxygens (including phenoxy) is 1. The Morgan fingerprint density at radius 1 is 1.56 bits per heavy atom. The summed E-state index contributed by atoms with van der Waals surface area (Å²) in [7, 11) is 1.25. The fourth-order valence-electron chi connectivity index (χ4n) is 1.20. The van der Waals surface area contributed by atoms with Gasteiger partial charge in [-0.2, -0.15) is 0 Å². The Kier molecular flexibility index (Phi) is 5.24. The first-order valence-electron chi connectivity index (χ1n) is 3.97. The van der Waals surface area contributed by atoms with Crippen LogP contribution < -0.4 is 51.4 Å². The van der Waals surface area contributed by atoms with Gasteiger partial charge in [-0.15, -0.1) is 0 Å². The maximum Gasteiger partial charge on any atom is 1.00 e. The SMILES string of the molecule is COC(=O)c1cc(F)c2nc([S-])sc2c1.[K+]. The fourth-order valence-corrected chi connectivity index (χ4v) is 2.32. The quantitative estimate of drug-likeness (QED) is 0.387. The van der Waals surface area contributed by atoms with Crippen molar-refractivity contribution in [2.75, 3.05) is 7.11 Å². The standard InChI is InChI=1S/C9H6FNO2S2.K/c1-13-8(12)4-2-5(10)7-6(3-4)15-9(14)11-7;/h2-3H,1H3,(H,11,14);/q;+1/p-1. The zero-order valence-electron chi connectivity index (χ0n) is 8.61. The Morgan fingerprint density at radius 3 is 2.88 bits per heavy atom. The number of thiazole rings is 1. The van der Waals surface area contributed by atoms with Crippen molar-refractivity contribution in [1.29, 1.82) is 0 Å². The zero-order valence-corrected chi connectivity index (χ0v) is 13.4. The molecule has 78 valence electrons. The van der Waals surface area contributed by atoms with Crippen molar-refractivity contribution in [3.05, 3.63) is 23.5 Å². The Morgan fingerprint density at radius 2 is 2.25 bits per heavy atom. The van der Waals surface area contributed by atoms with E-state index in [1.54, 1.807) is 0 Å². The van der Waals surface area contributed by atoms with Crippen molar-refractivity contribution < 1.29 is 65.3 Å². The van der Waals surface area contributed by atoms with Gasteiger partial charge in [-0.1, -0.05) is 0 Å². The second-order valence-electron chi connectivity index (χ2n) is 2.78. The van der Waals surface area contributed by atoms with Gasteiger partial charge in [-0.3, -0.25) is 4.98 Å². The minimum atomic E-state index is -0.574. The van der Waals surface area contributed by atoms with Crippen LogP contribution >= 0.6 is 11.3 Å². The van der Waals surface area contributed by atoms with E-state index in [1.807, 2.05) is 0 Å². The van der Waals surface area contributed by atoms with E-state index in [4.69, 9.17) is 12.6 Å². The average Bonchev–Trinajstić information content (AvgIpc) is 2.58. The van der Waals surface area contributed by atoms with Crippen LogP contribution in [0, 0.1) is 5.82 Å². The van der Waals surface area contributed by atoms with Gasteiger partial charge in [-0.05, 0) is 21.2 Å². The molecule has 0 aliphatic carbocycles. The zero-order chi connectivity index (χ0) is 11.0. The number of nitrogens with zero attached hydrogens (tertiary/aromatic N) is 1. The van der Waals surface area contributed by atoms with Crippen molar-refractivity contribution in [2.45, 2.75) is 4.34 Å². The van der Waals surface area contributed by atoms with Crippen molar-refractivity contribution in [3.8, 4) is 0 Å². The first-order valence-corrected chi connectivity index (χ1v) is 5.19. The molecule has 0 amide bonds. The predicted molar refractivity (Wildman–Crippen MR) is 56.5 cm³/mol. The summed E-state index contributed by atoms with van der Waals surface area (Å²) in [6, 6.07) is 2.63. The van der Waals surface area contributed by atoms with E-state index < -0.39 is 11.8 Å². The topological polar surface area (TPSA) is 39.2 Å². The second-order valence-corrected chi connectivity index (χ2v) is 4.45. The predicted octanol–water partition coefficient (Wildman–Crippen LogP) is -0.868. The van der Waals surface area contributed by atoms with E-state index in [1.165, 1.54) is 13.2 Å². The van der Waals surface area contributed by atoms with Crippen LogP contribution in [0.4, 0.5) is 4.39 Å². The second kappa shape index (κ2) is 5.81. The Labute approximate surface area is 143 Å².